The first-order valence-electron chi connectivity index (χ1n) is 4.44. The van der Waals surface area contributed by atoms with Crippen molar-refractivity contribution in [2.24, 2.45) is 0 Å². The van der Waals surface area contributed by atoms with Crippen LogP contribution in [0.4, 0.5) is 0 Å². The average molecular weight is 225 g/mol. The smallest absolute Gasteiger partial charge is 0.244 e. The first kappa shape index (κ1) is 9.92. The third-order valence-electron chi connectivity index (χ3n) is 2.22. The fraction of sp³-hybridized carbons (Fsp3) is 0.222. The number of aromatic amines is 1. The van der Waals surface area contributed by atoms with Gasteiger partial charge in [-0.25, -0.2) is 9.89 Å². The van der Waals surface area contributed by atoms with Crippen LogP contribution in [0.3, 0.4) is 0 Å². The minimum Gasteiger partial charge on any atom is -0.244 e. The van der Waals surface area contributed by atoms with Gasteiger partial charge in [-0.3, -0.25) is 0 Å². The SMILES string of the molecule is CC(c1ccccc1Cl)n1nn[nH]c1=O. The summed E-state index contributed by atoms with van der Waals surface area (Å²) in [6, 6.07) is 7.10. The molecule has 1 atom stereocenters. The molecule has 0 aliphatic carbocycles. The molecule has 0 spiro atoms. The number of hydrogen-bond donors (Lipinski definition) is 1. The quantitative estimate of drug-likeness (QED) is 0.835. The molecule has 1 heterocycles. The number of benzene rings is 1. The average Bonchev–Trinajstić information content (AvgIpc) is 2.64. The summed E-state index contributed by atoms with van der Waals surface area (Å²) >= 11 is 6.01. The molecule has 2 rings (SSSR count). The van der Waals surface area contributed by atoms with E-state index in [1.807, 2.05) is 25.1 Å². The Hall–Kier alpha value is -1.62. The molecule has 0 fully saturated rings. The van der Waals surface area contributed by atoms with Crippen LogP contribution in [0.25, 0.3) is 0 Å². The van der Waals surface area contributed by atoms with Gasteiger partial charge in [-0.15, -0.1) is 0 Å². The van der Waals surface area contributed by atoms with E-state index in [9.17, 15) is 4.79 Å². The molecule has 5 nitrogen and oxygen atoms in total. The van der Waals surface area contributed by atoms with Crippen LogP contribution >= 0.6 is 11.6 Å². The monoisotopic (exact) mass is 224 g/mol. The number of nitrogens with one attached hydrogen (secondary N) is 1. The molecule has 0 amide bonds. The van der Waals surface area contributed by atoms with Gasteiger partial charge >= 0.3 is 5.69 Å². The summed E-state index contributed by atoms with van der Waals surface area (Å²) in [7, 11) is 0. The number of hydrogen-bond acceptors (Lipinski definition) is 3. The summed E-state index contributed by atoms with van der Waals surface area (Å²) in [6.07, 6.45) is 0. The lowest BCUT2D eigenvalue weighted by Gasteiger charge is -2.11. The molecule has 0 saturated heterocycles. The second-order valence-electron chi connectivity index (χ2n) is 3.15. The molecule has 0 saturated carbocycles. The third-order valence-corrected chi connectivity index (χ3v) is 2.56. The van der Waals surface area contributed by atoms with Gasteiger partial charge in [-0.1, -0.05) is 29.8 Å². The van der Waals surface area contributed by atoms with Gasteiger partial charge in [-0.05, 0) is 29.0 Å². The topological polar surface area (TPSA) is 63.6 Å². The van der Waals surface area contributed by atoms with Crippen molar-refractivity contribution in [2.45, 2.75) is 13.0 Å². The fourth-order valence-corrected chi connectivity index (χ4v) is 1.70. The van der Waals surface area contributed by atoms with E-state index in [1.165, 1.54) is 4.68 Å². The second-order valence-corrected chi connectivity index (χ2v) is 3.56. The molecule has 2 aromatic rings. The molecule has 0 radical (unpaired) electrons. The lowest BCUT2D eigenvalue weighted by atomic mass is 10.1. The molecule has 0 bridgehead atoms. The van der Waals surface area contributed by atoms with Crippen LogP contribution in [0.5, 0.6) is 0 Å². The highest BCUT2D eigenvalue weighted by Gasteiger charge is 2.14. The molecule has 1 aromatic heterocycles. The minimum absolute atomic E-state index is 0.232. The highest BCUT2D eigenvalue weighted by molar-refractivity contribution is 6.31. The predicted octanol–water partition coefficient (Wildman–Crippen LogP) is 1.23. The fourth-order valence-electron chi connectivity index (χ4n) is 1.40. The Morgan fingerprint density at radius 2 is 2.20 bits per heavy atom. The summed E-state index contributed by atoms with van der Waals surface area (Å²) in [4.78, 5) is 11.3. The first-order chi connectivity index (χ1) is 7.20. The van der Waals surface area contributed by atoms with Crippen LogP contribution in [-0.2, 0) is 0 Å². The first-order valence-corrected chi connectivity index (χ1v) is 4.82. The molecule has 78 valence electrons. The standard InChI is InChI=1S/C9H9ClN4O/c1-6(14-9(15)11-12-13-14)7-4-2-3-5-8(7)10/h2-6H,1H3,(H,11,13,15). The van der Waals surface area contributed by atoms with Crippen LogP contribution in [0.15, 0.2) is 29.1 Å². The lowest BCUT2D eigenvalue weighted by molar-refractivity contribution is 0.529. The van der Waals surface area contributed by atoms with Crippen LogP contribution in [0.1, 0.15) is 18.5 Å². The number of rotatable bonds is 2. The van der Waals surface area contributed by atoms with Crippen LogP contribution in [0.2, 0.25) is 5.02 Å². The van der Waals surface area contributed by atoms with Gasteiger partial charge in [-0.2, -0.15) is 4.68 Å². The van der Waals surface area contributed by atoms with Crippen molar-refractivity contribution in [3.63, 3.8) is 0 Å². The molecular weight excluding hydrogens is 216 g/mol. The van der Waals surface area contributed by atoms with Crippen molar-refractivity contribution in [3.8, 4) is 0 Å². The Kier molecular flexibility index (Phi) is 2.55. The summed E-state index contributed by atoms with van der Waals surface area (Å²) < 4.78 is 1.25. The van der Waals surface area contributed by atoms with E-state index >= 15 is 0 Å². The van der Waals surface area contributed by atoms with Crippen molar-refractivity contribution >= 4 is 11.6 Å². The normalized spacial score (nSPS) is 12.7. The Bertz CT molecular complexity index is 519. The number of aromatic nitrogens is 4. The molecule has 1 aromatic carbocycles. The highest BCUT2D eigenvalue weighted by atomic mass is 35.5. The van der Waals surface area contributed by atoms with E-state index in [-0.39, 0.29) is 11.7 Å². The van der Waals surface area contributed by atoms with Crippen molar-refractivity contribution in [3.05, 3.63) is 45.3 Å². The highest BCUT2D eigenvalue weighted by Crippen LogP contribution is 2.23. The summed E-state index contributed by atoms with van der Waals surface area (Å²) in [5.41, 5.74) is 0.498. The molecule has 15 heavy (non-hydrogen) atoms. The Balaban J connectivity index is 2.45. The Morgan fingerprint density at radius 3 is 2.80 bits per heavy atom. The molecule has 0 aliphatic rings. The molecule has 6 heteroatoms. The van der Waals surface area contributed by atoms with Gasteiger partial charge in [0.2, 0.25) is 0 Å². The molecule has 1 unspecified atom stereocenters. The Morgan fingerprint density at radius 1 is 1.47 bits per heavy atom. The van der Waals surface area contributed by atoms with E-state index < -0.39 is 0 Å². The minimum atomic E-state index is -0.345. The molecule has 1 N–H and O–H groups in total. The van der Waals surface area contributed by atoms with Crippen molar-refractivity contribution in [2.75, 3.05) is 0 Å². The van der Waals surface area contributed by atoms with Crippen LogP contribution in [0, 0.1) is 0 Å². The van der Waals surface area contributed by atoms with Crippen molar-refractivity contribution < 1.29 is 0 Å². The van der Waals surface area contributed by atoms with E-state index in [4.69, 9.17) is 11.6 Å². The number of H-pyrrole nitrogens is 1. The van der Waals surface area contributed by atoms with Gasteiger partial charge < -0.3 is 0 Å². The maximum Gasteiger partial charge on any atom is 0.361 e. The second kappa shape index (κ2) is 3.86. The van der Waals surface area contributed by atoms with Crippen LogP contribution < -0.4 is 5.69 Å². The predicted molar refractivity (Wildman–Crippen MR) is 55.9 cm³/mol. The molecular formula is C9H9ClN4O. The maximum atomic E-state index is 11.3. The lowest BCUT2D eigenvalue weighted by Crippen LogP contribution is -2.22. The number of tetrazole rings is 1. The number of halogens is 1. The zero-order chi connectivity index (χ0) is 10.8. The van der Waals surface area contributed by atoms with Gasteiger partial charge in [0.1, 0.15) is 0 Å². The third kappa shape index (κ3) is 1.78. The van der Waals surface area contributed by atoms with E-state index in [2.05, 4.69) is 15.5 Å². The van der Waals surface area contributed by atoms with E-state index in [1.54, 1.807) is 6.07 Å². The van der Waals surface area contributed by atoms with Gasteiger partial charge in [0.25, 0.3) is 0 Å². The maximum absolute atomic E-state index is 11.3. The van der Waals surface area contributed by atoms with Crippen LogP contribution in [-0.4, -0.2) is 20.2 Å². The van der Waals surface area contributed by atoms with Crippen molar-refractivity contribution in [1.29, 1.82) is 0 Å². The van der Waals surface area contributed by atoms with Gasteiger partial charge in [0, 0.05) is 5.02 Å². The summed E-state index contributed by atoms with van der Waals surface area (Å²) in [5.74, 6) is 0. The van der Waals surface area contributed by atoms with Gasteiger partial charge in [0.15, 0.2) is 0 Å². The van der Waals surface area contributed by atoms with E-state index in [0.29, 0.717) is 5.02 Å². The number of nitrogens with zero attached hydrogens (tertiary/aromatic N) is 3. The van der Waals surface area contributed by atoms with Crippen molar-refractivity contribution in [1.82, 2.24) is 20.2 Å². The summed E-state index contributed by atoms with van der Waals surface area (Å²) in [5, 5.41) is 9.96. The largest absolute Gasteiger partial charge is 0.361 e. The zero-order valence-electron chi connectivity index (χ0n) is 8.01. The molecule has 0 aliphatic heterocycles. The Labute approximate surface area is 90.7 Å². The summed E-state index contributed by atoms with van der Waals surface area (Å²) in [6.45, 7) is 1.84. The van der Waals surface area contributed by atoms with Gasteiger partial charge in [0.05, 0.1) is 6.04 Å². The van der Waals surface area contributed by atoms with E-state index in [0.717, 1.165) is 5.56 Å². The zero-order valence-corrected chi connectivity index (χ0v) is 8.77.